The van der Waals surface area contributed by atoms with E-state index in [0.29, 0.717) is 5.56 Å². The van der Waals surface area contributed by atoms with Crippen molar-refractivity contribution >= 4 is 62.9 Å². The van der Waals surface area contributed by atoms with Crippen molar-refractivity contribution in [3.05, 3.63) is 40.5 Å². The van der Waals surface area contributed by atoms with Crippen molar-refractivity contribution in [2.24, 2.45) is 0 Å². The van der Waals surface area contributed by atoms with E-state index in [-0.39, 0.29) is 57.0 Å². The van der Waals surface area contributed by atoms with Gasteiger partial charge in [0.2, 0.25) is 0 Å². The molecule has 1 aromatic rings. The van der Waals surface area contributed by atoms with E-state index in [1.54, 1.807) is 0 Å². The number of nitrogens with zero attached hydrogens (tertiary/aromatic N) is 1. The van der Waals surface area contributed by atoms with Crippen molar-refractivity contribution in [1.82, 2.24) is 0 Å². The van der Waals surface area contributed by atoms with E-state index in [1.807, 2.05) is 39.0 Å². The van der Waals surface area contributed by atoms with Crippen molar-refractivity contribution in [3.8, 4) is 6.07 Å². The predicted octanol–water partition coefficient (Wildman–Crippen LogP) is 1.95. The Kier molecular flexibility index (Phi) is 6.91. The molecule has 0 heterocycles. The van der Waals surface area contributed by atoms with Crippen LogP contribution in [0.25, 0.3) is 5.57 Å². The summed E-state index contributed by atoms with van der Waals surface area (Å²) in [5, 5.41) is 17.5. The van der Waals surface area contributed by atoms with Gasteiger partial charge >= 0.3 is 57.4 Å². The Morgan fingerprint density at radius 2 is 1.76 bits per heavy atom. The van der Waals surface area contributed by atoms with Crippen molar-refractivity contribution < 1.29 is 9.90 Å². The van der Waals surface area contributed by atoms with Gasteiger partial charge in [-0.1, -0.05) is 12.1 Å². The first kappa shape index (κ1) is 16.6. The molecule has 0 aliphatic rings. The summed E-state index contributed by atoms with van der Waals surface area (Å²) in [7, 11) is 0. The summed E-state index contributed by atoms with van der Waals surface area (Å²) in [5.74, 6) is -1.10. The number of allylic oxidation sites excluding steroid dienone is 1. The normalized spacial score (nSPS) is 10.4. The average Bonchev–Trinajstić information content (AvgIpc) is 2.21. The fourth-order valence-electron chi connectivity index (χ4n) is 1.49. The Morgan fingerprint density at radius 3 is 2.12 bits per heavy atom. The topological polar surface area (TPSA) is 61.1 Å². The summed E-state index contributed by atoms with van der Waals surface area (Å²) in [6, 6.07) is 5.57. The third kappa shape index (κ3) is 4.38. The Morgan fingerprint density at radius 1 is 1.29 bits per heavy atom. The SMILES string of the molecule is Cc1cc(C(C#N)=CC(=O)O)cc(C)c1C.[KH]. The fraction of sp³-hybridized carbons (Fsp3) is 0.231. The van der Waals surface area contributed by atoms with Gasteiger partial charge in [-0.3, -0.25) is 0 Å². The molecule has 84 valence electrons. The van der Waals surface area contributed by atoms with Crippen molar-refractivity contribution in [1.29, 1.82) is 5.26 Å². The Hall–Kier alpha value is -0.444. The number of rotatable bonds is 2. The van der Waals surface area contributed by atoms with Gasteiger partial charge in [0.1, 0.15) is 6.07 Å². The molecule has 4 heteroatoms. The second-order valence-electron chi connectivity index (χ2n) is 3.74. The van der Waals surface area contributed by atoms with Crippen LogP contribution in [0.15, 0.2) is 18.2 Å². The average molecular weight is 255 g/mol. The number of carbonyl (C=O) groups is 1. The number of aliphatic carboxylic acids is 1. The van der Waals surface area contributed by atoms with Crippen molar-refractivity contribution in [3.63, 3.8) is 0 Å². The number of hydrogen-bond acceptors (Lipinski definition) is 2. The number of carboxylic acids is 1. The molecule has 0 amide bonds. The molecule has 0 aliphatic heterocycles. The fourth-order valence-corrected chi connectivity index (χ4v) is 1.49. The molecule has 0 aliphatic carbocycles. The molecule has 0 saturated carbocycles. The molecule has 0 atom stereocenters. The van der Waals surface area contributed by atoms with Gasteiger partial charge in [0, 0.05) is 6.08 Å². The van der Waals surface area contributed by atoms with E-state index in [4.69, 9.17) is 10.4 Å². The zero-order valence-electron chi connectivity index (χ0n) is 9.53. The number of aryl methyl sites for hydroxylation is 2. The van der Waals surface area contributed by atoms with Crippen molar-refractivity contribution in [2.45, 2.75) is 20.8 Å². The monoisotopic (exact) mass is 255 g/mol. The van der Waals surface area contributed by atoms with Crippen LogP contribution in [0.1, 0.15) is 22.3 Å². The van der Waals surface area contributed by atoms with Gasteiger partial charge in [0.15, 0.2) is 0 Å². The van der Waals surface area contributed by atoms with E-state index in [9.17, 15) is 4.79 Å². The summed E-state index contributed by atoms with van der Waals surface area (Å²) in [6.45, 7) is 5.89. The van der Waals surface area contributed by atoms with Gasteiger partial charge < -0.3 is 5.11 Å². The molecular weight excluding hydrogens is 241 g/mol. The first-order valence-electron chi connectivity index (χ1n) is 4.88. The molecule has 1 aromatic carbocycles. The molecule has 0 fully saturated rings. The standard InChI is InChI=1S/C13H13NO2.K.H/c1-8-4-11(5-9(2)10(8)3)12(7-14)6-13(15)16;;/h4-6H,1-3H3,(H,15,16);;. The summed E-state index contributed by atoms with van der Waals surface area (Å²) >= 11 is 0. The second-order valence-corrected chi connectivity index (χ2v) is 3.74. The van der Waals surface area contributed by atoms with Gasteiger partial charge in [-0.05, 0) is 43.0 Å². The number of carboxylic acid groups (broad SMARTS) is 1. The quantitative estimate of drug-likeness (QED) is 0.499. The third-order valence-corrected chi connectivity index (χ3v) is 2.63. The molecule has 1 N–H and O–H groups in total. The zero-order chi connectivity index (χ0) is 12.3. The summed E-state index contributed by atoms with van der Waals surface area (Å²) < 4.78 is 0. The molecule has 0 saturated heterocycles. The first-order valence-corrected chi connectivity index (χ1v) is 4.88. The number of nitriles is 1. The maximum atomic E-state index is 10.6. The van der Waals surface area contributed by atoms with Gasteiger partial charge in [0.05, 0.1) is 5.57 Å². The molecule has 0 aromatic heterocycles. The molecular formula is C13H14KNO2. The van der Waals surface area contributed by atoms with Gasteiger partial charge in [-0.25, -0.2) is 4.79 Å². The van der Waals surface area contributed by atoms with Crippen LogP contribution in [-0.2, 0) is 4.79 Å². The summed E-state index contributed by atoms with van der Waals surface area (Å²) in [4.78, 5) is 10.6. The van der Waals surface area contributed by atoms with Crippen LogP contribution in [-0.4, -0.2) is 62.5 Å². The molecule has 0 radical (unpaired) electrons. The Labute approximate surface area is 144 Å². The van der Waals surface area contributed by atoms with Crippen LogP contribution in [0.4, 0.5) is 0 Å². The minimum absolute atomic E-state index is 0. The summed E-state index contributed by atoms with van der Waals surface area (Å²) in [6.07, 6.45) is 0.934. The minimum atomic E-state index is -1.10. The van der Waals surface area contributed by atoms with E-state index in [1.165, 1.54) is 0 Å². The number of hydrogen-bond donors (Lipinski definition) is 1. The van der Waals surface area contributed by atoms with E-state index >= 15 is 0 Å². The molecule has 17 heavy (non-hydrogen) atoms. The van der Waals surface area contributed by atoms with Crippen LogP contribution in [0.2, 0.25) is 0 Å². The van der Waals surface area contributed by atoms with E-state index < -0.39 is 5.97 Å². The van der Waals surface area contributed by atoms with Gasteiger partial charge in [-0.2, -0.15) is 5.26 Å². The molecule has 0 bridgehead atoms. The summed E-state index contributed by atoms with van der Waals surface area (Å²) in [5.41, 5.74) is 4.11. The van der Waals surface area contributed by atoms with Crippen LogP contribution in [0.5, 0.6) is 0 Å². The number of benzene rings is 1. The van der Waals surface area contributed by atoms with Gasteiger partial charge in [-0.15, -0.1) is 0 Å². The van der Waals surface area contributed by atoms with Crippen LogP contribution < -0.4 is 0 Å². The van der Waals surface area contributed by atoms with Crippen LogP contribution >= 0.6 is 0 Å². The van der Waals surface area contributed by atoms with Crippen LogP contribution in [0, 0.1) is 32.1 Å². The zero-order valence-corrected chi connectivity index (χ0v) is 9.53. The second kappa shape index (κ2) is 7.09. The van der Waals surface area contributed by atoms with Crippen molar-refractivity contribution in [2.75, 3.05) is 0 Å². The van der Waals surface area contributed by atoms with E-state index in [2.05, 4.69) is 0 Å². The molecule has 3 nitrogen and oxygen atoms in total. The van der Waals surface area contributed by atoms with Crippen LogP contribution in [0.3, 0.4) is 0 Å². The first-order chi connectivity index (χ1) is 7.45. The maximum absolute atomic E-state index is 10.6. The Balaban J connectivity index is 0.00000256. The molecule has 1 rings (SSSR count). The molecule has 0 unspecified atom stereocenters. The Bertz CT molecular complexity index is 490. The molecule has 0 spiro atoms. The predicted molar refractivity (Wildman–Crippen MR) is 69.0 cm³/mol. The van der Waals surface area contributed by atoms with E-state index in [0.717, 1.165) is 22.8 Å². The third-order valence-electron chi connectivity index (χ3n) is 2.63. The van der Waals surface area contributed by atoms with Gasteiger partial charge in [0.25, 0.3) is 0 Å².